The molecule has 0 aliphatic carbocycles. The fraction of sp³-hybridized carbons (Fsp3) is 0.571. The first-order chi connectivity index (χ1) is 9.49. The molecule has 0 radical (unpaired) electrons. The summed E-state index contributed by atoms with van der Waals surface area (Å²) in [7, 11) is 0. The zero-order chi connectivity index (χ0) is 14.7. The van der Waals surface area contributed by atoms with Crippen molar-refractivity contribution >= 4 is 11.4 Å². The maximum atomic E-state index is 10.9. The Morgan fingerprint density at radius 3 is 2.70 bits per heavy atom. The summed E-state index contributed by atoms with van der Waals surface area (Å²) < 4.78 is 0. The van der Waals surface area contributed by atoms with Gasteiger partial charge in [-0.1, -0.05) is 12.1 Å². The molecule has 1 saturated heterocycles. The van der Waals surface area contributed by atoms with Gasteiger partial charge in [0.1, 0.15) is 5.69 Å². The quantitative estimate of drug-likeness (QED) is 0.498. The van der Waals surface area contributed by atoms with Gasteiger partial charge in [0.05, 0.1) is 11.0 Å². The number of benzene rings is 1. The summed E-state index contributed by atoms with van der Waals surface area (Å²) in [5.74, 6) is 0.355. The fourth-order valence-electron chi connectivity index (χ4n) is 2.73. The average molecular weight is 279 g/mol. The van der Waals surface area contributed by atoms with Crippen molar-refractivity contribution in [2.24, 2.45) is 5.92 Å². The summed E-state index contributed by atoms with van der Waals surface area (Å²) in [5, 5.41) is 20.4. The molecule has 6 heteroatoms. The van der Waals surface area contributed by atoms with E-state index >= 15 is 0 Å². The molecule has 0 saturated carbocycles. The van der Waals surface area contributed by atoms with Crippen molar-refractivity contribution in [3.8, 4) is 0 Å². The van der Waals surface area contributed by atoms with Gasteiger partial charge in [-0.25, -0.2) is 0 Å². The van der Waals surface area contributed by atoms with Gasteiger partial charge in [0, 0.05) is 12.6 Å². The molecule has 0 aromatic heterocycles. The topological polar surface area (TPSA) is 92.6 Å². The summed E-state index contributed by atoms with van der Waals surface area (Å²) in [6.45, 7) is 4.23. The molecule has 1 aromatic rings. The summed E-state index contributed by atoms with van der Waals surface area (Å²) in [6.07, 6.45) is 1.64. The number of rotatable bonds is 4. The Morgan fingerprint density at radius 2 is 2.15 bits per heavy atom. The monoisotopic (exact) mass is 279 g/mol. The number of aliphatic hydroxyl groups is 1. The molecule has 1 atom stereocenters. The van der Waals surface area contributed by atoms with Crippen molar-refractivity contribution in [1.29, 1.82) is 0 Å². The Bertz CT molecular complexity index is 483. The number of hydrogen-bond donors (Lipinski definition) is 2. The van der Waals surface area contributed by atoms with Gasteiger partial charge in [-0.15, -0.1) is 0 Å². The van der Waals surface area contributed by atoms with Crippen LogP contribution in [0.5, 0.6) is 0 Å². The highest BCUT2D eigenvalue weighted by Crippen LogP contribution is 2.28. The third-order valence-electron chi connectivity index (χ3n) is 4.08. The van der Waals surface area contributed by atoms with Crippen LogP contribution in [0.4, 0.5) is 11.4 Å². The van der Waals surface area contributed by atoms with E-state index in [1.54, 1.807) is 6.07 Å². The molecule has 2 rings (SSSR count). The Labute approximate surface area is 118 Å². The van der Waals surface area contributed by atoms with Crippen molar-refractivity contribution in [3.05, 3.63) is 33.9 Å². The molecule has 1 aliphatic rings. The smallest absolute Gasteiger partial charge is 0.292 e. The average Bonchev–Trinajstić information content (AvgIpc) is 2.41. The SMILES string of the molecule is CC(O)C1CCN(Cc2cccc([N+](=O)[O-])c2N)CC1. The Morgan fingerprint density at radius 1 is 1.50 bits per heavy atom. The number of nitrogens with two attached hydrogens (primary N) is 1. The summed E-state index contributed by atoms with van der Waals surface area (Å²) in [4.78, 5) is 12.7. The molecular formula is C14H21N3O3. The molecule has 3 N–H and O–H groups in total. The lowest BCUT2D eigenvalue weighted by Gasteiger charge is -2.33. The second-order valence-electron chi connectivity index (χ2n) is 5.46. The van der Waals surface area contributed by atoms with Crippen LogP contribution in [0.2, 0.25) is 0 Å². The second kappa shape index (κ2) is 6.19. The predicted molar refractivity (Wildman–Crippen MR) is 77.2 cm³/mol. The number of para-hydroxylation sites is 1. The van der Waals surface area contributed by atoms with Crippen LogP contribution in [0.1, 0.15) is 25.3 Å². The fourth-order valence-corrected chi connectivity index (χ4v) is 2.73. The highest BCUT2D eigenvalue weighted by atomic mass is 16.6. The van der Waals surface area contributed by atoms with Crippen LogP contribution in [-0.4, -0.2) is 34.1 Å². The third kappa shape index (κ3) is 3.26. The number of nitro groups is 1. The van der Waals surface area contributed by atoms with Gasteiger partial charge in [-0.2, -0.15) is 0 Å². The van der Waals surface area contributed by atoms with Crippen LogP contribution in [0.15, 0.2) is 18.2 Å². The van der Waals surface area contributed by atoms with Crippen molar-refractivity contribution in [2.45, 2.75) is 32.4 Å². The molecule has 6 nitrogen and oxygen atoms in total. The van der Waals surface area contributed by atoms with E-state index in [9.17, 15) is 15.2 Å². The normalized spacial score (nSPS) is 18.9. The summed E-state index contributed by atoms with van der Waals surface area (Å²) >= 11 is 0. The van der Waals surface area contributed by atoms with Crippen molar-refractivity contribution in [1.82, 2.24) is 4.90 Å². The van der Waals surface area contributed by atoms with E-state index in [1.807, 2.05) is 13.0 Å². The largest absolute Gasteiger partial charge is 0.393 e. The minimum atomic E-state index is -0.446. The lowest BCUT2D eigenvalue weighted by Crippen LogP contribution is -2.36. The van der Waals surface area contributed by atoms with E-state index in [0.717, 1.165) is 31.5 Å². The van der Waals surface area contributed by atoms with Gasteiger partial charge >= 0.3 is 0 Å². The Balaban J connectivity index is 2.01. The molecule has 1 aliphatic heterocycles. The van der Waals surface area contributed by atoms with E-state index in [2.05, 4.69) is 4.90 Å². The van der Waals surface area contributed by atoms with E-state index in [0.29, 0.717) is 12.5 Å². The van der Waals surface area contributed by atoms with E-state index in [1.165, 1.54) is 6.07 Å². The number of anilines is 1. The highest BCUT2D eigenvalue weighted by molar-refractivity contribution is 5.62. The van der Waals surface area contributed by atoms with Gasteiger partial charge in [0.2, 0.25) is 0 Å². The van der Waals surface area contributed by atoms with Gasteiger partial charge in [-0.3, -0.25) is 15.0 Å². The van der Waals surface area contributed by atoms with Gasteiger partial charge in [-0.05, 0) is 44.3 Å². The molecule has 0 amide bonds. The van der Waals surface area contributed by atoms with Crippen LogP contribution in [0, 0.1) is 16.0 Å². The van der Waals surface area contributed by atoms with Crippen LogP contribution in [0.25, 0.3) is 0 Å². The molecular weight excluding hydrogens is 258 g/mol. The standard InChI is InChI=1S/C14H21N3O3/c1-10(18)11-5-7-16(8-6-11)9-12-3-2-4-13(14(12)15)17(19)20/h2-4,10-11,18H,5-9,15H2,1H3. The number of nitrogen functional groups attached to an aromatic ring is 1. The number of nitrogens with zero attached hydrogens (tertiary/aromatic N) is 2. The minimum Gasteiger partial charge on any atom is -0.393 e. The van der Waals surface area contributed by atoms with E-state index < -0.39 is 4.92 Å². The van der Waals surface area contributed by atoms with Crippen LogP contribution < -0.4 is 5.73 Å². The molecule has 1 fully saturated rings. The van der Waals surface area contributed by atoms with Crippen LogP contribution in [-0.2, 0) is 6.54 Å². The van der Waals surface area contributed by atoms with Crippen LogP contribution in [0.3, 0.4) is 0 Å². The predicted octanol–water partition coefficient (Wildman–Crippen LogP) is 1.77. The second-order valence-corrected chi connectivity index (χ2v) is 5.46. The molecule has 20 heavy (non-hydrogen) atoms. The summed E-state index contributed by atoms with van der Waals surface area (Å²) in [5.41, 5.74) is 6.90. The maximum absolute atomic E-state index is 10.9. The molecule has 0 bridgehead atoms. The lowest BCUT2D eigenvalue weighted by molar-refractivity contribution is -0.384. The van der Waals surface area contributed by atoms with Crippen molar-refractivity contribution in [3.63, 3.8) is 0 Å². The molecule has 1 unspecified atom stereocenters. The lowest BCUT2D eigenvalue weighted by atomic mass is 9.92. The van der Waals surface area contributed by atoms with Crippen molar-refractivity contribution in [2.75, 3.05) is 18.8 Å². The highest BCUT2D eigenvalue weighted by Gasteiger charge is 2.23. The Kier molecular flexibility index (Phi) is 4.57. The third-order valence-corrected chi connectivity index (χ3v) is 4.08. The van der Waals surface area contributed by atoms with Gasteiger partial charge < -0.3 is 10.8 Å². The number of piperidine rings is 1. The maximum Gasteiger partial charge on any atom is 0.292 e. The van der Waals surface area contributed by atoms with E-state index in [-0.39, 0.29) is 17.5 Å². The van der Waals surface area contributed by atoms with E-state index in [4.69, 9.17) is 5.73 Å². The molecule has 110 valence electrons. The number of aliphatic hydroxyl groups excluding tert-OH is 1. The first kappa shape index (κ1) is 14.7. The molecule has 1 heterocycles. The number of nitro benzene ring substituents is 1. The first-order valence-corrected chi connectivity index (χ1v) is 6.91. The van der Waals surface area contributed by atoms with Gasteiger partial charge in [0.15, 0.2) is 0 Å². The Hall–Kier alpha value is -1.66. The molecule has 0 spiro atoms. The molecule has 1 aromatic carbocycles. The number of likely N-dealkylation sites (tertiary alicyclic amines) is 1. The minimum absolute atomic E-state index is 0.0265. The van der Waals surface area contributed by atoms with Gasteiger partial charge in [0.25, 0.3) is 5.69 Å². The number of hydrogen-bond acceptors (Lipinski definition) is 5. The zero-order valence-corrected chi connectivity index (χ0v) is 11.7. The first-order valence-electron chi connectivity index (χ1n) is 6.91. The zero-order valence-electron chi connectivity index (χ0n) is 11.7. The van der Waals surface area contributed by atoms with Crippen LogP contribution >= 0.6 is 0 Å². The van der Waals surface area contributed by atoms with Crippen molar-refractivity contribution < 1.29 is 10.0 Å². The summed E-state index contributed by atoms with van der Waals surface area (Å²) in [6, 6.07) is 4.94.